The van der Waals surface area contributed by atoms with Gasteiger partial charge in [-0.1, -0.05) is 6.08 Å². The number of hydrogen-bond acceptors (Lipinski definition) is 5. The molecule has 2 aliphatic heterocycles. The molecule has 2 rings (SSSR count). The van der Waals surface area contributed by atoms with Crippen LogP contribution in [-0.4, -0.2) is 25.0 Å². The molecule has 0 aromatic heterocycles. The van der Waals surface area contributed by atoms with Crippen molar-refractivity contribution in [2.24, 2.45) is 4.99 Å². The zero-order valence-electron chi connectivity index (χ0n) is 9.52. The van der Waals surface area contributed by atoms with E-state index in [0.717, 1.165) is 6.08 Å². The summed E-state index contributed by atoms with van der Waals surface area (Å²) in [6.45, 7) is 0.622. The average molecular weight is 298 g/mol. The first-order valence-electron chi connectivity index (χ1n) is 5.02. The minimum absolute atomic E-state index is 0.622. The van der Waals surface area contributed by atoms with Crippen molar-refractivity contribution >= 4 is 18.0 Å². The first-order valence-corrected chi connectivity index (χ1v) is 5.40. The summed E-state index contributed by atoms with van der Waals surface area (Å²) in [6, 6.07) is 0. The fourth-order valence-corrected chi connectivity index (χ4v) is 1.23. The minimum atomic E-state index is -4.77. The van der Waals surface area contributed by atoms with E-state index >= 15 is 0 Å². The second-order valence-electron chi connectivity index (χ2n) is 3.19. The summed E-state index contributed by atoms with van der Waals surface area (Å²) in [5.41, 5.74) is 0. The molecule has 0 saturated heterocycles. The molecule has 0 radical (unpaired) electrons. The van der Waals surface area contributed by atoms with E-state index in [1.807, 2.05) is 4.84 Å². The van der Waals surface area contributed by atoms with Gasteiger partial charge in [0.1, 0.15) is 12.9 Å². The number of allylic oxidation sites excluding steroid dienone is 2. The standard InChI is InChI=1S/C6H6ClF3N2O.C4H5NO/c7-12-5(13-6(8,9)10)3-1-2-4-11-5;1-3-6-4-2-5-1/h1-4,11-12H;1-3H,4H2. The van der Waals surface area contributed by atoms with Gasteiger partial charge in [-0.2, -0.15) is 4.84 Å². The molecular formula is C10H11ClF3N3O2. The molecule has 1 atom stereocenters. The zero-order valence-corrected chi connectivity index (χ0v) is 10.3. The monoisotopic (exact) mass is 297 g/mol. The van der Waals surface area contributed by atoms with Crippen molar-refractivity contribution in [1.82, 2.24) is 10.2 Å². The van der Waals surface area contributed by atoms with Crippen molar-refractivity contribution in [1.29, 1.82) is 0 Å². The molecule has 9 heteroatoms. The molecule has 2 aliphatic rings. The molecule has 0 aromatic rings. The molecule has 0 amide bonds. The van der Waals surface area contributed by atoms with Crippen LogP contribution in [0.4, 0.5) is 13.2 Å². The van der Waals surface area contributed by atoms with Gasteiger partial charge < -0.3 is 10.1 Å². The number of alkyl halides is 3. The fourth-order valence-electron chi connectivity index (χ4n) is 1.07. The number of rotatable bonds is 2. The highest BCUT2D eigenvalue weighted by Crippen LogP contribution is 2.24. The van der Waals surface area contributed by atoms with Gasteiger partial charge in [-0.05, 0) is 23.9 Å². The van der Waals surface area contributed by atoms with Crippen molar-refractivity contribution in [3.8, 4) is 0 Å². The summed E-state index contributed by atoms with van der Waals surface area (Å²) in [5, 5.41) is 2.29. The molecular weight excluding hydrogens is 287 g/mol. The van der Waals surface area contributed by atoms with Crippen molar-refractivity contribution in [3.63, 3.8) is 0 Å². The van der Waals surface area contributed by atoms with E-state index in [1.54, 1.807) is 18.7 Å². The minimum Gasteiger partial charge on any atom is -0.494 e. The van der Waals surface area contributed by atoms with E-state index in [-0.39, 0.29) is 0 Å². The van der Waals surface area contributed by atoms with Gasteiger partial charge in [0, 0.05) is 12.4 Å². The van der Waals surface area contributed by atoms with E-state index in [4.69, 9.17) is 16.5 Å². The number of hydrogen-bond donors (Lipinski definition) is 2. The third kappa shape index (κ3) is 6.27. The van der Waals surface area contributed by atoms with E-state index in [9.17, 15) is 13.2 Å². The number of aliphatic imine (C=N–C) groups is 1. The van der Waals surface area contributed by atoms with E-state index in [1.165, 1.54) is 18.4 Å². The highest BCUT2D eigenvalue weighted by Gasteiger charge is 2.42. The summed E-state index contributed by atoms with van der Waals surface area (Å²) in [5.74, 6) is -1.92. The van der Waals surface area contributed by atoms with Crippen LogP contribution in [0.2, 0.25) is 0 Å². The Morgan fingerprint density at radius 3 is 2.53 bits per heavy atom. The molecule has 1 unspecified atom stereocenters. The maximum atomic E-state index is 11.9. The van der Waals surface area contributed by atoms with Gasteiger partial charge >= 0.3 is 6.36 Å². The number of dihydropyridines is 1. The summed E-state index contributed by atoms with van der Waals surface area (Å²) < 4.78 is 44.0. The zero-order chi connectivity index (χ0) is 14.2. The molecule has 19 heavy (non-hydrogen) atoms. The van der Waals surface area contributed by atoms with Crippen molar-refractivity contribution in [2.45, 2.75) is 12.2 Å². The first kappa shape index (κ1) is 15.5. The number of nitrogens with zero attached hydrogens (tertiary/aromatic N) is 1. The fraction of sp³-hybridized carbons (Fsp3) is 0.300. The van der Waals surface area contributed by atoms with Crippen LogP contribution in [0.1, 0.15) is 0 Å². The van der Waals surface area contributed by atoms with Crippen LogP contribution in [-0.2, 0) is 9.47 Å². The molecule has 5 nitrogen and oxygen atoms in total. The predicted octanol–water partition coefficient (Wildman–Crippen LogP) is 2.15. The van der Waals surface area contributed by atoms with Gasteiger partial charge in [0.15, 0.2) is 0 Å². The molecule has 106 valence electrons. The molecule has 0 aromatic carbocycles. The largest absolute Gasteiger partial charge is 0.525 e. The topological polar surface area (TPSA) is 54.9 Å². The van der Waals surface area contributed by atoms with Gasteiger partial charge in [0.05, 0.1) is 6.20 Å². The lowest BCUT2D eigenvalue weighted by molar-refractivity contribution is -0.364. The van der Waals surface area contributed by atoms with Crippen LogP contribution in [0.25, 0.3) is 0 Å². The van der Waals surface area contributed by atoms with Gasteiger partial charge in [-0.25, -0.2) is 4.74 Å². The molecule has 2 N–H and O–H groups in total. The summed E-state index contributed by atoms with van der Waals surface area (Å²) in [6.07, 6.45) is 5.38. The van der Waals surface area contributed by atoms with E-state index < -0.39 is 12.2 Å². The lowest BCUT2D eigenvalue weighted by atomic mass is 10.3. The Kier molecular flexibility index (Phi) is 5.87. The Hall–Kier alpha value is -1.51. The number of nitrogens with one attached hydrogen (secondary N) is 2. The van der Waals surface area contributed by atoms with Crippen LogP contribution in [0.5, 0.6) is 0 Å². The van der Waals surface area contributed by atoms with Crippen LogP contribution in [0.3, 0.4) is 0 Å². The quantitative estimate of drug-likeness (QED) is 0.606. The van der Waals surface area contributed by atoms with Crippen LogP contribution >= 0.6 is 11.8 Å². The van der Waals surface area contributed by atoms with Crippen LogP contribution < -0.4 is 10.2 Å². The van der Waals surface area contributed by atoms with Crippen LogP contribution in [0.15, 0.2) is 41.9 Å². The first-order chi connectivity index (χ1) is 8.97. The second kappa shape index (κ2) is 7.17. The van der Waals surface area contributed by atoms with Crippen molar-refractivity contribution in [3.05, 3.63) is 36.9 Å². The Balaban J connectivity index is 0.000000250. The highest BCUT2D eigenvalue weighted by molar-refractivity contribution is 6.13. The maximum absolute atomic E-state index is 11.9. The summed E-state index contributed by atoms with van der Waals surface area (Å²) >= 11 is 5.12. The average Bonchev–Trinajstić information content (AvgIpc) is 2.40. The number of ether oxygens (including phenoxy) is 2. The Morgan fingerprint density at radius 2 is 2.21 bits per heavy atom. The van der Waals surface area contributed by atoms with Gasteiger partial charge in [-0.3, -0.25) is 4.99 Å². The lowest BCUT2D eigenvalue weighted by Crippen LogP contribution is -2.55. The smallest absolute Gasteiger partial charge is 0.494 e. The van der Waals surface area contributed by atoms with Crippen LogP contribution in [0, 0.1) is 0 Å². The molecule has 2 heterocycles. The molecule has 0 saturated carbocycles. The maximum Gasteiger partial charge on any atom is 0.525 e. The summed E-state index contributed by atoms with van der Waals surface area (Å²) in [4.78, 5) is 5.60. The molecule has 0 fully saturated rings. The summed E-state index contributed by atoms with van der Waals surface area (Å²) in [7, 11) is 0. The predicted molar refractivity (Wildman–Crippen MR) is 63.9 cm³/mol. The van der Waals surface area contributed by atoms with Crippen molar-refractivity contribution in [2.75, 3.05) is 6.61 Å². The third-order valence-electron chi connectivity index (χ3n) is 1.77. The molecule has 0 bridgehead atoms. The van der Waals surface area contributed by atoms with Gasteiger partial charge in [0.25, 0.3) is 0 Å². The second-order valence-corrected chi connectivity index (χ2v) is 3.38. The Morgan fingerprint density at radius 1 is 1.42 bits per heavy atom. The number of halogens is 4. The van der Waals surface area contributed by atoms with Crippen molar-refractivity contribution < 1.29 is 22.6 Å². The van der Waals surface area contributed by atoms with Gasteiger partial charge in [-0.15, -0.1) is 13.2 Å². The molecule has 0 aliphatic carbocycles. The lowest BCUT2D eigenvalue weighted by Gasteiger charge is -2.31. The SMILES string of the molecule is C1=COCC=N1.FC(F)(F)OC1(NCl)C=CC=CN1. The van der Waals surface area contributed by atoms with Gasteiger partial charge in [0.2, 0.25) is 5.85 Å². The van der Waals surface area contributed by atoms with E-state index in [0.29, 0.717) is 6.61 Å². The normalized spacial score (nSPS) is 24.2. The third-order valence-corrected chi connectivity index (χ3v) is 2.05. The Labute approximate surface area is 112 Å². The Bertz CT molecular complexity index is 384. The highest BCUT2D eigenvalue weighted by atomic mass is 35.5. The van der Waals surface area contributed by atoms with E-state index in [2.05, 4.69) is 15.0 Å². The molecule has 0 spiro atoms.